The van der Waals surface area contributed by atoms with Crippen LogP contribution in [-0.2, 0) is 19.1 Å². The maximum absolute atomic E-state index is 12.4. The summed E-state index contributed by atoms with van der Waals surface area (Å²) in [5, 5.41) is 10.6. The minimum Gasteiger partial charge on any atom is -0.462 e. The standard InChI is InChI=1S/C14H20O5/c1-7-9-4-5-10-11(19-8(2)15)14(9,12(16)18-7)6-13(10,3)17/h7,9-11,17H,4-6H2,1-3H3/t7-,9+,10-,11-,13+,14-/m1/s1. The molecule has 5 heteroatoms. The van der Waals surface area contributed by atoms with Crippen LogP contribution >= 0.6 is 0 Å². The van der Waals surface area contributed by atoms with Gasteiger partial charge in [-0.2, -0.15) is 0 Å². The van der Waals surface area contributed by atoms with Crippen LogP contribution in [0, 0.1) is 17.3 Å². The first-order valence-electron chi connectivity index (χ1n) is 6.90. The average molecular weight is 268 g/mol. The smallest absolute Gasteiger partial charge is 0.316 e. The second-order valence-electron chi connectivity index (χ2n) is 6.51. The SMILES string of the molecule is CC(=O)O[C@@H]1[C@H]2CC[C@H]3[C@@H](C)OC(=O)[C@@]13C[C@]2(C)O. The van der Waals surface area contributed by atoms with Crippen LogP contribution in [0.2, 0.25) is 0 Å². The number of ether oxygens (including phenoxy) is 2. The normalized spacial score (nSPS) is 51.7. The van der Waals surface area contributed by atoms with Crippen molar-refractivity contribution >= 4 is 11.9 Å². The van der Waals surface area contributed by atoms with Crippen LogP contribution in [0.15, 0.2) is 0 Å². The second kappa shape index (κ2) is 3.72. The summed E-state index contributed by atoms with van der Waals surface area (Å²) in [5.74, 6) is -0.848. The van der Waals surface area contributed by atoms with Crippen LogP contribution in [0.5, 0.6) is 0 Å². The number of aliphatic hydroxyl groups is 1. The summed E-state index contributed by atoms with van der Waals surface area (Å²) >= 11 is 0. The van der Waals surface area contributed by atoms with Gasteiger partial charge in [0.2, 0.25) is 0 Å². The van der Waals surface area contributed by atoms with Crippen molar-refractivity contribution in [3.8, 4) is 0 Å². The number of fused-ring (bicyclic) bond motifs is 1. The van der Waals surface area contributed by atoms with Crippen LogP contribution in [0.25, 0.3) is 0 Å². The molecule has 3 aliphatic rings. The summed E-state index contributed by atoms with van der Waals surface area (Å²) in [5.41, 5.74) is -1.81. The van der Waals surface area contributed by atoms with E-state index in [0.717, 1.165) is 12.8 Å². The first-order valence-corrected chi connectivity index (χ1v) is 6.90. The van der Waals surface area contributed by atoms with Gasteiger partial charge in [0.1, 0.15) is 17.6 Å². The molecule has 1 N–H and O–H groups in total. The Kier molecular flexibility index (Phi) is 2.53. The van der Waals surface area contributed by atoms with Gasteiger partial charge in [-0.15, -0.1) is 0 Å². The molecular formula is C14H20O5. The molecule has 0 aromatic rings. The van der Waals surface area contributed by atoms with E-state index in [0.29, 0.717) is 6.42 Å². The molecule has 1 heterocycles. The fraction of sp³-hybridized carbons (Fsp3) is 0.857. The molecular weight excluding hydrogens is 248 g/mol. The molecule has 2 aliphatic carbocycles. The van der Waals surface area contributed by atoms with E-state index in [1.165, 1.54) is 6.92 Å². The number of rotatable bonds is 1. The maximum atomic E-state index is 12.4. The molecule has 3 rings (SSSR count). The highest BCUT2D eigenvalue weighted by Crippen LogP contribution is 2.63. The van der Waals surface area contributed by atoms with Crippen LogP contribution in [-0.4, -0.2) is 34.9 Å². The van der Waals surface area contributed by atoms with Crippen molar-refractivity contribution in [1.82, 2.24) is 0 Å². The van der Waals surface area contributed by atoms with Crippen molar-refractivity contribution in [2.24, 2.45) is 17.3 Å². The average Bonchev–Trinajstić information content (AvgIpc) is 2.59. The summed E-state index contributed by atoms with van der Waals surface area (Å²) in [6, 6.07) is 0. The van der Waals surface area contributed by atoms with Crippen molar-refractivity contribution in [1.29, 1.82) is 0 Å². The Morgan fingerprint density at radius 3 is 2.68 bits per heavy atom. The summed E-state index contributed by atoms with van der Waals surface area (Å²) < 4.78 is 10.8. The monoisotopic (exact) mass is 268 g/mol. The topological polar surface area (TPSA) is 72.8 Å². The molecule has 1 aliphatic heterocycles. The molecule has 0 aromatic heterocycles. The van der Waals surface area contributed by atoms with E-state index in [1.807, 2.05) is 6.92 Å². The third-order valence-electron chi connectivity index (χ3n) is 5.31. The third-order valence-corrected chi connectivity index (χ3v) is 5.31. The van der Waals surface area contributed by atoms with Crippen molar-refractivity contribution in [2.45, 2.75) is 57.8 Å². The molecule has 5 nitrogen and oxygen atoms in total. The largest absolute Gasteiger partial charge is 0.462 e. The zero-order valence-electron chi connectivity index (χ0n) is 11.5. The summed E-state index contributed by atoms with van der Waals surface area (Å²) in [7, 11) is 0. The lowest BCUT2D eigenvalue weighted by Crippen LogP contribution is -2.49. The van der Waals surface area contributed by atoms with E-state index in [-0.39, 0.29) is 23.9 Å². The molecule has 0 amide bonds. The third kappa shape index (κ3) is 1.51. The van der Waals surface area contributed by atoms with Crippen LogP contribution in [0.1, 0.15) is 40.0 Å². The number of hydrogen-bond donors (Lipinski definition) is 1. The van der Waals surface area contributed by atoms with Crippen molar-refractivity contribution < 1.29 is 24.2 Å². The highest BCUT2D eigenvalue weighted by Gasteiger charge is 2.73. The molecule has 2 saturated carbocycles. The Balaban J connectivity index is 2.08. The van der Waals surface area contributed by atoms with Crippen molar-refractivity contribution in [2.75, 3.05) is 0 Å². The number of esters is 2. The fourth-order valence-electron chi connectivity index (χ4n) is 4.65. The predicted molar refractivity (Wildman–Crippen MR) is 65.0 cm³/mol. The minimum atomic E-state index is -0.974. The van der Waals surface area contributed by atoms with Gasteiger partial charge in [-0.3, -0.25) is 9.59 Å². The Labute approximate surface area is 112 Å². The number of hydrogen-bond acceptors (Lipinski definition) is 5. The Morgan fingerprint density at radius 1 is 1.42 bits per heavy atom. The van der Waals surface area contributed by atoms with Gasteiger partial charge in [-0.05, 0) is 33.1 Å². The highest BCUT2D eigenvalue weighted by atomic mass is 16.6. The highest BCUT2D eigenvalue weighted by molar-refractivity contribution is 5.82. The Morgan fingerprint density at radius 2 is 2.05 bits per heavy atom. The van der Waals surface area contributed by atoms with Gasteiger partial charge >= 0.3 is 11.9 Å². The Hall–Kier alpha value is -1.10. The maximum Gasteiger partial charge on any atom is 0.316 e. The van der Waals surface area contributed by atoms with E-state index in [1.54, 1.807) is 6.92 Å². The van der Waals surface area contributed by atoms with E-state index < -0.39 is 23.1 Å². The van der Waals surface area contributed by atoms with Gasteiger partial charge in [-0.1, -0.05) is 0 Å². The lowest BCUT2D eigenvalue weighted by Gasteiger charge is -2.39. The van der Waals surface area contributed by atoms with E-state index in [9.17, 15) is 14.7 Å². The molecule has 6 atom stereocenters. The first-order chi connectivity index (χ1) is 8.79. The molecule has 0 radical (unpaired) electrons. The molecule has 106 valence electrons. The van der Waals surface area contributed by atoms with Crippen LogP contribution in [0.4, 0.5) is 0 Å². The van der Waals surface area contributed by atoms with Gasteiger partial charge in [0.15, 0.2) is 0 Å². The number of carbonyl (C=O) groups is 2. The zero-order chi connectivity index (χ0) is 14.0. The van der Waals surface area contributed by atoms with E-state index >= 15 is 0 Å². The first kappa shape index (κ1) is 12.9. The molecule has 3 fully saturated rings. The second-order valence-corrected chi connectivity index (χ2v) is 6.51. The molecule has 2 bridgehead atoms. The van der Waals surface area contributed by atoms with Gasteiger partial charge in [-0.25, -0.2) is 0 Å². The lowest BCUT2D eigenvalue weighted by molar-refractivity contribution is -0.168. The summed E-state index contributed by atoms with van der Waals surface area (Å²) in [6.07, 6.45) is 1.22. The summed E-state index contributed by atoms with van der Waals surface area (Å²) in [6.45, 7) is 4.97. The molecule has 1 saturated heterocycles. The van der Waals surface area contributed by atoms with E-state index in [4.69, 9.17) is 9.47 Å². The molecule has 0 aromatic carbocycles. The van der Waals surface area contributed by atoms with Crippen LogP contribution < -0.4 is 0 Å². The fourth-order valence-corrected chi connectivity index (χ4v) is 4.65. The minimum absolute atomic E-state index is 0.0366. The predicted octanol–water partition coefficient (Wildman–Crippen LogP) is 1.03. The van der Waals surface area contributed by atoms with E-state index in [2.05, 4.69) is 0 Å². The lowest BCUT2D eigenvalue weighted by atomic mass is 9.65. The molecule has 19 heavy (non-hydrogen) atoms. The number of carbonyl (C=O) groups excluding carboxylic acids is 2. The van der Waals surface area contributed by atoms with Crippen molar-refractivity contribution in [3.05, 3.63) is 0 Å². The quantitative estimate of drug-likeness (QED) is 0.719. The van der Waals surface area contributed by atoms with Crippen LogP contribution in [0.3, 0.4) is 0 Å². The van der Waals surface area contributed by atoms with Gasteiger partial charge in [0.05, 0.1) is 5.60 Å². The van der Waals surface area contributed by atoms with Crippen molar-refractivity contribution in [3.63, 3.8) is 0 Å². The van der Waals surface area contributed by atoms with Gasteiger partial charge in [0, 0.05) is 18.8 Å². The zero-order valence-corrected chi connectivity index (χ0v) is 11.5. The Bertz CT molecular complexity index is 443. The molecule has 1 spiro atoms. The number of cyclic esters (lactones) is 1. The van der Waals surface area contributed by atoms with Gasteiger partial charge in [0.25, 0.3) is 0 Å². The summed E-state index contributed by atoms with van der Waals surface area (Å²) in [4.78, 5) is 23.7. The van der Waals surface area contributed by atoms with Gasteiger partial charge < -0.3 is 14.6 Å². The molecule has 0 unspecified atom stereocenters.